The van der Waals surface area contributed by atoms with Crippen molar-refractivity contribution in [3.05, 3.63) is 272 Å². The van der Waals surface area contributed by atoms with Crippen LogP contribution in [0.25, 0.3) is 153 Å². The Morgan fingerprint density at radius 1 is 0.296 bits per heavy atom. The first-order valence-electron chi connectivity index (χ1n) is 27.2. The topological polar surface area (TPSA) is 65.7 Å². The molecule has 0 atom stereocenters. The Kier molecular flexibility index (Phi) is 9.39. The molecule has 8 heteroatoms. The Morgan fingerprint density at radius 2 is 0.506 bits per heavy atom. The average molecular weight is 1030 g/mol. The standard InChI is InChI=1S/C73H42N8/c1-75-67-43-45(42-46(44-74)76-67)68-69(77-57-32-12-2-22-47(57)48-23-3-13-33-58(48)77)71(79-61-36-16-6-26-51(61)52-27-7-17-37-62(52)79)73(81-65-40-20-10-30-55(65)56-31-11-21-41-66(56)81)72(80-63-38-18-8-28-53(63)54-29-9-19-39-64(54)80)70(68)78-59-34-14-4-24-49(59)50-25-5-15-35-60(50)78/h2-43H. The van der Waals surface area contributed by atoms with Gasteiger partial charge in [0.2, 0.25) is 5.69 Å². The van der Waals surface area contributed by atoms with E-state index in [0.29, 0.717) is 5.56 Å². The van der Waals surface area contributed by atoms with Crippen LogP contribution in [0.15, 0.2) is 255 Å². The van der Waals surface area contributed by atoms with E-state index in [-0.39, 0.29) is 11.5 Å². The van der Waals surface area contributed by atoms with E-state index < -0.39 is 0 Å². The Bertz CT molecular complexity index is 5090. The molecule has 8 nitrogen and oxygen atoms in total. The third-order valence-corrected chi connectivity index (χ3v) is 16.7. The van der Waals surface area contributed by atoms with Gasteiger partial charge >= 0.3 is 0 Å². The molecule has 17 aromatic rings. The largest absolute Gasteiger partial charge is 0.361 e. The van der Waals surface area contributed by atoms with E-state index in [1.807, 2.05) is 12.1 Å². The molecule has 17 rings (SSSR count). The van der Waals surface area contributed by atoms with Crippen molar-refractivity contribution in [1.29, 1.82) is 5.26 Å². The summed E-state index contributed by atoms with van der Waals surface area (Å²) in [6, 6.07) is 93.6. The summed E-state index contributed by atoms with van der Waals surface area (Å²) in [6.07, 6.45) is 0. The highest BCUT2D eigenvalue weighted by Crippen LogP contribution is 2.54. The molecule has 6 aromatic heterocycles. The molecule has 0 aliphatic heterocycles. The van der Waals surface area contributed by atoms with Gasteiger partial charge in [0.15, 0.2) is 0 Å². The van der Waals surface area contributed by atoms with Gasteiger partial charge < -0.3 is 27.7 Å². The van der Waals surface area contributed by atoms with Crippen LogP contribution < -0.4 is 0 Å². The highest BCUT2D eigenvalue weighted by Gasteiger charge is 2.37. The van der Waals surface area contributed by atoms with Crippen LogP contribution in [0.5, 0.6) is 0 Å². The molecule has 6 heterocycles. The number of nitriles is 1. The molecule has 0 unspecified atom stereocenters. The fourth-order valence-corrected chi connectivity index (χ4v) is 13.6. The lowest BCUT2D eigenvalue weighted by Gasteiger charge is -2.32. The number of para-hydroxylation sites is 10. The number of hydrogen-bond acceptors (Lipinski definition) is 2. The first kappa shape index (κ1) is 44.7. The number of pyridine rings is 1. The third kappa shape index (κ3) is 6.13. The van der Waals surface area contributed by atoms with E-state index in [1.54, 1.807) is 0 Å². The summed E-state index contributed by atoms with van der Waals surface area (Å²) in [5.74, 6) is 0.119. The molecule has 0 saturated carbocycles. The molecule has 0 amide bonds. The van der Waals surface area contributed by atoms with Gasteiger partial charge in [-0.25, -0.2) is 0 Å². The van der Waals surface area contributed by atoms with Crippen LogP contribution in [0.4, 0.5) is 5.82 Å². The van der Waals surface area contributed by atoms with Crippen LogP contribution in [-0.2, 0) is 0 Å². The minimum absolute atomic E-state index is 0.119. The minimum Gasteiger partial charge on any atom is -0.361 e. The van der Waals surface area contributed by atoms with Crippen molar-refractivity contribution in [3.8, 4) is 45.6 Å². The zero-order valence-electron chi connectivity index (χ0n) is 43.3. The number of aromatic nitrogens is 6. The first-order chi connectivity index (χ1) is 40.2. The van der Waals surface area contributed by atoms with Crippen LogP contribution in [0, 0.1) is 17.9 Å². The maximum absolute atomic E-state index is 11.1. The van der Waals surface area contributed by atoms with Crippen LogP contribution in [0.2, 0.25) is 0 Å². The van der Waals surface area contributed by atoms with E-state index in [0.717, 1.165) is 143 Å². The van der Waals surface area contributed by atoms with Crippen molar-refractivity contribution in [1.82, 2.24) is 27.8 Å². The molecule has 0 aliphatic rings. The second-order valence-electron chi connectivity index (χ2n) is 20.8. The summed E-state index contributed by atoms with van der Waals surface area (Å²) in [7, 11) is 0. The molecule has 374 valence electrons. The van der Waals surface area contributed by atoms with Crippen LogP contribution >= 0.6 is 0 Å². The van der Waals surface area contributed by atoms with E-state index in [2.05, 4.69) is 281 Å². The van der Waals surface area contributed by atoms with Gasteiger partial charge in [0.25, 0.3) is 5.82 Å². The number of nitrogens with zero attached hydrogens (tertiary/aromatic N) is 8. The third-order valence-electron chi connectivity index (χ3n) is 16.7. The summed E-state index contributed by atoms with van der Waals surface area (Å²) in [4.78, 5) is 8.72. The second kappa shape index (κ2) is 17.0. The summed E-state index contributed by atoms with van der Waals surface area (Å²) in [5.41, 5.74) is 16.1. The lowest BCUT2D eigenvalue weighted by Crippen LogP contribution is -2.18. The number of fused-ring (bicyclic) bond motifs is 15. The average Bonchev–Trinajstić information content (AvgIpc) is 3.44. The van der Waals surface area contributed by atoms with Crippen molar-refractivity contribution < 1.29 is 0 Å². The number of benzene rings is 11. The summed E-state index contributed by atoms with van der Waals surface area (Å²) >= 11 is 0. The lowest BCUT2D eigenvalue weighted by molar-refractivity contribution is 1.00. The van der Waals surface area contributed by atoms with Gasteiger partial charge in [0.1, 0.15) is 6.07 Å². The molecule has 0 radical (unpaired) electrons. The van der Waals surface area contributed by atoms with Crippen molar-refractivity contribution in [2.24, 2.45) is 0 Å². The zero-order chi connectivity index (χ0) is 53.4. The van der Waals surface area contributed by atoms with Crippen molar-refractivity contribution in [2.75, 3.05) is 0 Å². The van der Waals surface area contributed by atoms with E-state index in [1.165, 1.54) is 0 Å². The Labute approximate surface area is 463 Å². The Hall–Kier alpha value is -11.5. The number of rotatable bonds is 6. The van der Waals surface area contributed by atoms with Gasteiger partial charge in [-0.1, -0.05) is 189 Å². The fourth-order valence-electron chi connectivity index (χ4n) is 13.6. The van der Waals surface area contributed by atoms with Crippen LogP contribution in [0.3, 0.4) is 0 Å². The molecular weight excluding hydrogens is 989 g/mol. The molecule has 0 aliphatic carbocycles. The van der Waals surface area contributed by atoms with Crippen molar-refractivity contribution >= 4 is 115 Å². The highest BCUT2D eigenvalue weighted by atomic mass is 15.2. The normalized spacial score (nSPS) is 11.9. The zero-order valence-corrected chi connectivity index (χ0v) is 43.3. The molecule has 11 aromatic carbocycles. The summed E-state index contributed by atoms with van der Waals surface area (Å²) in [6.45, 7) is 8.68. The van der Waals surface area contributed by atoms with E-state index >= 15 is 0 Å². The highest BCUT2D eigenvalue weighted by molar-refractivity contribution is 6.19. The predicted molar refractivity (Wildman–Crippen MR) is 332 cm³/mol. The van der Waals surface area contributed by atoms with Gasteiger partial charge in [0.05, 0.1) is 83.6 Å². The predicted octanol–water partition coefficient (Wildman–Crippen LogP) is 18.7. The van der Waals surface area contributed by atoms with Crippen LogP contribution in [0.1, 0.15) is 5.69 Å². The molecule has 0 spiro atoms. The van der Waals surface area contributed by atoms with Gasteiger partial charge in [-0.15, -0.1) is 4.98 Å². The molecule has 0 bridgehead atoms. The first-order valence-corrected chi connectivity index (χ1v) is 27.2. The summed E-state index contributed by atoms with van der Waals surface area (Å²) < 4.78 is 12.5. The second-order valence-corrected chi connectivity index (χ2v) is 20.8. The van der Waals surface area contributed by atoms with Gasteiger partial charge in [0, 0.05) is 65.5 Å². The fraction of sp³-hybridized carbons (Fsp3) is 0. The SMILES string of the molecule is [C-]#[N+]c1cc(-c2c(-n3c4ccccc4c4ccccc43)c(-n3c4ccccc4c4ccccc43)c(-n3c4ccccc4c4ccccc43)c(-n3c4ccccc4c4ccccc43)c2-n2c3ccccc3c3ccccc32)cc(C#N)n1. The minimum atomic E-state index is 0.119. The van der Waals surface area contributed by atoms with E-state index in [4.69, 9.17) is 6.57 Å². The maximum atomic E-state index is 11.1. The monoisotopic (exact) mass is 1030 g/mol. The van der Waals surface area contributed by atoms with Gasteiger partial charge in [-0.05, 0) is 72.3 Å². The van der Waals surface area contributed by atoms with Gasteiger partial charge in [-0.3, -0.25) is 0 Å². The lowest BCUT2D eigenvalue weighted by atomic mass is 9.94. The van der Waals surface area contributed by atoms with Crippen molar-refractivity contribution in [3.63, 3.8) is 0 Å². The number of hydrogen-bond donors (Lipinski definition) is 0. The molecule has 0 N–H and O–H groups in total. The van der Waals surface area contributed by atoms with Crippen LogP contribution in [-0.4, -0.2) is 27.8 Å². The Morgan fingerprint density at radius 3 is 0.728 bits per heavy atom. The maximum Gasteiger partial charge on any atom is 0.271 e. The summed E-state index contributed by atoms with van der Waals surface area (Å²) in [5, 5.41) is 22.1. The molecule has 0 saturated heterocycles. The van der Waals surface area contributed by atoms with E-state index in [9.17, 15) is 5.26 Å². The Balaban J connectivity index is 1.31. The smallest absolute Gasteiger partial charge is 0.271 e. The molecule has 0 fully saturated rings. The molecule has 81 heavy (non-hydrogen) atoms. The molecular formula is C73H42N8. The van der Waals surface area contributed by atoms with Crippen molar-refractivity contribution in [2.45, 2.75) is 0 Å². The quantitative estimate of drug-likeness (QED) is 0.156. The van der Waals surface area contributed by atoms with Gasteiger partial charge in [-0.2, -0.15) is 5.26 Å².